The molecule has 3 rings (SSSR count). The van der Waals surface area contributed by atoms with Crippen LogP contribution in [0, 0.1) is 0 Å². The molecule has 9 heteroatoms. The maximum atomic E-state index is 12.2. The van der Waals surface area contributed by atoms with Crippen molar-refractivity contribution in [3.63, 3.8) is 0 Å². The molecular weight excluding hydrogens is 416 g/mol. The number of benzene rings is 2. The molecule has 2 amide bonds. The Bertz CT molecular complexity index is 958. The van der Waals surface area contributed by atoms with E-state index in [4.69, 9.17) is 4.74 Å². The monoisotopic (exact) mass is 446 g/mol. The summed E-state index contributed by atoms with van der Waals surface area (Å²) in [6.07, 6.45) is 0. The number of rotatable bonds is 9. The number of hydrogen-bond acceptors (Lipinski definition) is 5. The first kappa shape index (κ1) is 23.2. The molecule has 8 nitrogen and oxygen atoms in total. The Balaban J connectivity index is 1.42. The first-order valence-electron chi connectivity index (χ1n) is 10.3. The van der Waals surface area contributed by atoms with Crippen LogP contribution in [-0.2, 0) is 40.1 Å². The van der Waals surface area contributed by atoms with Crippen molar-refractivity contribution in [3.8, 4) is 0 Å². The van der Waals surface area contributed by atoms with Gasteiger partial charge in [0.25, 0.3) is 0 Å². The highest BCUT2D eigenvalue weighted by atomic mass is 32.2. The van der Waals surface area contributed by atoms with E-state index in [1.54, 1.807) is 12.1 Å². The van der Waals surface area contributed by atoms with Crippen molar-refractivity contribution in [2.75, 3.05) is 33.4 Å². The summed E-state index contributed by atoms with van der Waals surface area (Å²) in [6.45, 7) is 5.13. The maximum absolute atomic E-state index is 12.2. The fraction of sp³-hybridized carbons (Fsp3) is 0.409. The summed E-state index contributed by atoms with van der Waals surface area (Å²) < 4.78 is 30.9. The number of carbonyl (C=O) groups is 1. The lowest BCUT2D eigenvalue weighted by Crippen LogP contribution is -2.35. The number of sulfonamides is 1. The van der Waals surface area contributed by atoms with Crippen molar-refractivity contribution in [1.29, 1.82) is 0 Å². The Kier molecular flexibility index (Phi) is 8.42. The number of hydrogen-bond donors (Lipinski definition) is 3. The van der Waals surface area contributed by atoms with E-state index < -0.39 is 10.0 Å². The van der Waals surface area contributed by atoms with E-state index in [2.05, 4.69) is 32.4 Å². The van der Waals surface area contributed by atoms with Crippen LogP contribution in [0.2, 0.25) is 0 Å². The van der Waals surface area contributed by atoms with E-state index in [1.165, 1.54) is 12.6 Å². The number of morpholine rings is 1. The van der Waals surface area contributed by atoms with Crippen LogP contribution in [0.5, 0.6) is 0 Å². The van der Waals surface area contributed by atoms with Gasteiger partial charge in [0.1, 0.15) is 0 Å². The van der Waals surface area contributed by atoms with Crippen LogP contribution in [0.25, 0.3) is 0 Å². The molecule has 0 bridgehead atoms. The minimum absolute atomic E-state index is 0.0672. The number of nitrogens with one attached hydrogen (secondary N) is 3. The number of carbonyl (C=O) groups excluding carboxylic acids is 1. The molecule has 1 aliphatic rings. The third kappa shape index (κ3) is 7.95. The molecule has 0 aromatic heterocycles. The highest BCUT2D eigenvalue weighted by Gasteiger charge is 2.11. The lowest BCUT2D eigenvalue weighted by Gasteiger charge is -2.26. The summed E-state index contributed by atoms with van der Waals surface area (Å²) in [6, 6.07) is 15.1. The van der Waals surface area contributed by atoms with Crippen molar-refractivity contribution in [3.05, 3.63) is 70.8 Å². The van der Waals surface area contributed by atoms with Crippen molar-refractivity contribution in [2.45, 2.75) is 25.4 Å². The van der Waals surface area contributed by atoms with Crippen molar-refractivity contribution in [2.24, 2.45) is 0 Å². The van der Waals surface area contributed by atoms with Gasteiger partial charge < -0.3 is 15.4 Å². The number of nitrogens with zero attached hydrogens (tertiary/aromatic N) is 1. The fourth-order valence-corrected chi connectivity index (χ4v) is 4.10. The minimum Gasteiger partial charge on any atom is -0.379 e. The minimum atomic E-state index is -3.29. The van der Waals surface area contributed by atoms with Gasteiger partial charge >= 0.3 is 6.03 Å². The van der Waals surface area contributed by atoms with Gasteiger partial charge in [0.05, 0.1) is 19.0 Å². The van der Waals surface area contributed by atoms with E-state index in [0.717, 1.165) is 44.0 Å². The molecule has 2 aromatic rings. The molecule has 2 aromatic carbocycles. The molecular formula is C22H30N4O4S. The summed E-state index contributed by atoms with van der Waals surface area (Å²) in [7, 11) is -1.90. The Morgan fingerprint density at radius 1 is 0.935 bits per heavy atom. The van der Waals surface area contributed by atoms with Gasteiger partial charge in [-0.25, -0.2) is 17.9 Å². The molecule has 0 unspecified atom stereocenters. The predicted octanol–water partition coefficient (Wildman–Crippen LogP) is 1.57. The zero-order chi connectivity index (χ0) is 22.1. The standard InChI is InChI=1S/C22H30N4O4S/c1-23-31(28,29)17-19-7-5-18(6-8-19)14-24-22(27)25-15-20-3-2-4-21(13-20)16-26-9-11-30-12-10-26/h2-8,13,23H,9-12,14-17H2,1H3,(H2,24,25,27). The Morgan fingerprint density at radius 3 is 2.23 bits per heavy atom. The van der Waals surface area contributed by atoms with Gasteiger partial charge in [-0.1, -0.05) is 48.5 Å². The Hall–Kier alpha value is -2.46. The van der Waals surface area contributed by atoms with Crippen LogP contribution >= 0.6 is 0 Å². The van der Waals surface area contributed by atoms with E-state index in [9.17, 15) is 13.2 Å². The average Bonchev–Trinajstić information content (AvgIpc) is 2.78. The molecule has 0 saturated carbocycles. The van der Waals surface area contributed by atoms with Gasteiger partial charge in [-0.05, 0) is 29.3 Å². The topological polar surface area (TPSA) is 99.8 Å². The van der Waals surface area contributed by atoms with E-state index in [-0.39, 0.29) is 11.8 Å². The van der Waals surface area contributed by atoms with E-state index in [0.29, 0.717) is 18.7 Å². The molecule has 1 aliphatic heterocycles. The summed E-state index contributed by atoms with van der Waals surface area (Å²) in [4.78, 5) is 14.5. The highest BCUT2D eigenvalue weighted by molar-refractivity contribution is 7.88. The molecule has 0 aliphatic carbocycles. The van der Waals surface area contributed by atoms with Crippen LogP contribution in [0.4, 0.5) is 4.79 Å². The summed E-state index contributed by atoms with van der Waals surface area (Å²) in [5.74, 6) is -0.0672. The second-order valence-corrected chi connectivity index (χ2v) is 9.45. The second kappa shape index (κ2) is 11.2. The number of urea groups is 1. The molecule has 3 N–H and O–H groups in total. The van der Waals surface area contributed by atoms with Crippen LogP contribution in [0.3, 0.4) is 0 Å². The summed E-state index contributed by atoms with van der Waals surface area (Å²) in [5.41, 5.74) is 3.87. The molecule has 0 radical (unpaired) electrons. The summed E-state index contributed by atoms with van der Waals surface area (Å²) in [5, 5.41) is 5.70. The number of ether oxygens (including phenoxy) is 1. The molecule has 31 heavy (non-hydrogen) atoms. The Labute approximate surface area is 184 Å². The number of amides is 2. The summed E-state index contributed by atoms with van der Waals surface area (Å²) >= 11 is 0. The van der Waals surface area contributed by atoms with Gasteiger partial charge in [0.15, 0.2) is 0 Å². The van der Waals surface area contributed by atoms with Gasteiger partial charge in [0.2, 0.25) is 10.0 Å². The van der Waals surface area contributed by atoms with Gasteiger partial charge in [0, 0.05) is 32.7 Å². The van der Waals surface area contributed by atoms with Gasteiger partial charge in [-0.3, -0.25) is 4.90 Å². The van der Waals surface area contributed by atoms with Crippen molar-refractivity contribution < 1.29 is 17.9 Å². The van der Waals surface area contributed by atoms with Crippen LogP contribution in [0.15, 0.2) is 48.5 Å². The fourth-order valence-electron chi connectivity index (χ4n) is 3.33. The van der Waals surface area contributed by atoms with Crippen LogP contribution < -0.4 is 15.4 Å². The lowest BCUT2D eigenvalue weighted by atomic mass is 10.1. The predicted molar refractivity (Wildman–Crippen MR) is 120 cm³/mol. The van der Waals surface area contributed by atoms with E-state index >= 15 is 0 Å². The lowest BCUT2D eigenvalue weighted by molar-refractivity contribution is 0.0342. The molecule has 1 saturated heterocycles. The third-order valence-corrected chi connectivity index (χ3v) is 6.43. The maximum Gasteiger partial charge on any atom is 0.315 e. The molecule has 0 spiro atoms. The molecule has 168 valence electrons. The third-order valence-electron chi connectivity index (χ3n) is 5.10. The quantitative estimate of drug-likeness (QED) is 0.543. The van der Waals surface area contributed by atoms with Crippen molar-refractivity contribution >= 4 is 16.1 Å². The SMILES string of the molecule is CNS(=O)(=O)Cc1ccc(CNC(=O)NCc2cccc(CN3CCOCC3)c2)cc1. The highest BCUT2D eigenvalue weighted by Crippen LogP contribution is 2.10. The second-order valence-electron chi connectivity index (χ2n) is 7.52. The first-order valence-corrected chi connectivity index (χ1v) is 12.0. The normalized spacial score (nSPS) is 14.9. The molecule has 1 heterocycles. The zero-order valence-electron chi connectivity index (χ0n) is 17.8. The van der Waals surface area contributed by atoms with Crippen LogP contribution in [0.1, 0.15) is 22.3 Å². The van der Waals surface area contributed by atoms with Crippen LogP contribution in [-0.4, -0.2) is 52.7 Å². The molecule has 1 fully saturated rings. The van der Waals surface area contributed by atoms with Gasteiger partial charge in [-0.2, -0.15) is 0 Å². The smallest absolute Gasteiger partial charge is 0.315 e. The Morgan fingerprint density at radius 2 is 1.55 bits per heavy atom. The molecule has 0 atom stereocenters. The van der Waals surface area contributed by atoms with E-state index in [1.807, 2.05) is 24.3 Å². The zero-order valence-corrected chi connectivity index (χ0v) is 18.6. The van der Waals surface area contributed by atoms with Crippen molar-refractivity contribution in [1.82, 2.24) is 20.3 Å². The van der Waals surface area contributed by atoms with Gasteiger partial charge in [-0.15, -0.1) is 0 Å². The first-order chi connectivity index (χ1) is 14.9. The largest absolute Gasteiger partial charge is 0.379 e. The average molecular weight is 447 g/mol.